The van der Waals surface area contributed by atoms with Crippen molar-refractivity contribution in [1.82, 2.24) is 9.80 Å². The first-order chi connectivity index (χ1) is 13.2. The number of hydrogen-bond acceptors (Lipinski definition) is 3. The van der Waals surface area contributed by atoms with Crippen molar-refractivity contribution in [3.05, 3.63) is 35.4 Å². The number of carbonyl (C=O) groups excluding carboxylic acids is 3. The van der Waals surface area contributed by atoms with Crippen molar-refractivity contribution in [2.75, 3.05) is 19.6 Å². The van der Waals surface area contributed by atoms with Crippen LogP contribution < -0.4 is 5.73 Å². The van der Waals surface area contributed by atoms with Gasteiger partial charge >= 0.3 is 0 Å². The summed E-state index contributed by atoms with van der Waals surface area (Å²) >= 11 is 0. The molecule has 1 aromatic rings. The van der Waals surface area contributed by atoms with Crippen molar-refractivity contribution in [2.45, 2.75) is 38.6 Å². The summed E-state index contributed by atoms with van der Waals surface area (Å²) in [7, 11) is 0. The van der Waals surface area contributed by atoms with Gasteiger partial charge in [-0.15, -0.1) is 0 Å². The van der Waals surface area contributed by atoms with Gasteiger partial charge in [-0.1, -0.05) is 0 Å². The Morgan fingerprint density at radius 3 is 2.18 bits per heavy atom. The van der Waals surface area contributed by atoms with Gasteiger partial charge in [0.15, 0.2) is 0 Å². The third-order valence-corrected chi connectivity index (χ3v) is 6.44. The molecule has 1 aromatic carbocycles. The van der Waals surface area contributed by atoms with Crippen molar-refractivity contribution in [3.8, 4) is 0 Å². The van der Waals surface area contributed by atoms with Gasteiger partial charge < -0.3 is 15.5 Å². The molecule has 0 unspecified atom stereocenters. The normalized spacial score (nSPS) is 22.6. The Hall–Kier alpha value is -2.51. The predicted octanol–water partition coefficient (Wildman–Crippen LogP) is 1.57. The third kappa shape index (κ3) is 3.25. The first-order valence-electron chi connectivity index (χ1n) is 9.55. The van der Waals surface area contributed by atoms with Crippen LogP contribution in [0.5, 0.6) is 0 Å². The van der Waals surface area contributed by atoms with E-state index in [0.29, 0.717) is 57.3 Å². The predicted molar refractivity (Wildman–Crippen MR) is 95.5 cm³/mol. The second kappa shape index (κ2) is 6.53. The van der Waals surface area contributed by atoms with Gasteiger partial charge in [-0.2, -0.15) is 0 Å². The molecule has 6 nitrogen and oxygen atoms in total. The standard InChI is InChI=1S/C20H23F2N3O3/c21-14-7-13(8-15(22)9-14)11-25-12-19(10-16(25)26)3-5-24(6-4-19)18(28)20(1-2-20)17(23)27/h7-9H,1-6,10-12H2,(H2,23,27). The molecule has 0 bridgehead atoms. The molecular formula is C20H23F2N3O3. The molecular weight excluding hydrogens is 368 g/mol. The molecule has 3 amide bonds. The second-order valence-electron chi connectivity index (χ2n) is 8.44. The van der Waals surface area contributed by atoms with Crippen molar-refractivity contribution in [2.24, 2.45) is 16.6 Å². The molecule has 0 aromatic heterocycles. The Morgan fingerprint density at radius 1 is 1.04 bits per heavy atom. The lowest BCUT2D eigenvalue weighted by Gasteiger charge is -2.39. The number of nitrogens with zero attached hydrogens (tertiary/aromatic N) is 2. The van der Waals surface area contributed by atoms with Gasteiger partial charge in [-0.25, -0.2) is 8.78 Å². The highest BCUT2D eigenvalue weighted by atomic mass is 19.1. The van der Waals surface area contributed by atoms with Crippen LogP contribution in [0.3, 0.4) is 0 Å². The largest absolute Gasteiger partial charge is 0.369 e. The molecule has 2 heterocycles. The van der Waals surface area contributed by atoms with Crippen molar-refractivity contribution in [1.29, 1.82) is 0 Å². The van der Waals surface area contributed by atoms with E-state index in [1.807, 2.05) is 0 Å². The molecule has 8 heteroatoms. The topological polar surface area (TPSA) is 83.7 Å². The Kier molecular flexibility index (Phi) is 4.39. The first kappa shape index (κ1) is 18.8. The van der Waals surface area contributed by atoms with Crippen LogP contribution in [-0.2, 0) is 20.9 Å². The average Bonchev–Trinajstić information content (AvgIpc) is 3.37. The SMILES string of the molecule is NC(=O)C1(C(=O)N2CCC3(CC2)CC(=O)N(Cc2cc(F)cc(F)c2)C3)CC1. The third-order valence-electron chi connectivity index (χ3n) is 6.44. The van der Waals surface area contributed by atoms with Gasteiger partial charge in [0.1, 0.15) is 17.0 Å². The summed E-state index contributed by atoms with van der Waals surface area (Å²) in [6.07, 6.45) is 2.72. The number of piperidine rings is 1. The van der Waals surface area contributed by atoms with E-state index >= 15 is 0 Å². The van der Waals surface area contributed by atoms with Gasteiger partial charge in [0.05, 0.1) is 0 Å². The summed E-state index contributed by atoms with van der Waals surface area (Å²) in [5.41, 5.74) is 4.58. The summed E-state index contributed by atoms with van der Waals surface area (Å²) in [6.45, 7) is 1.66. The molecule has 1 saturated carbocycles. The van der Waals surface area contributed by atoms with E-state index in [2.05, 4.69) is 0 Å². The van der Waals surface area contributed by atoms with Crippen LogP contribution in [0, 0.1) is 22.5 Å². The molecule has 4 rings (SSSR count). The van der Waals surface area contributed by atoms with Gasteiger partial charge in [0.25, 0.3) is 0 Å². The molecule has 2 aliphatic heterocycles. The van der Waals surface area contributed by atoms with E-state index in [1.54, 1.807) is 9.80 Å². The highest BCUT2D eigenvalue weighted by Crippen LogP contribution is 2.49. The Labute approximate surface area is 161 Å². The molecule has 1 spiro atoms. The van der Waals surface area contributed by atoms with Gasteiger partial charge in [0, 0.05) is 44.1 Å². The van der Waals surface area contributed by atoms with Crippen LogP contribution in [0.1, 0.15) is 37.7 Å². The summed E-state index contributed by atoms with van der Waals surface area (Å²) in [5.74, 6) is -2.10. The zero-order valence-corrected chi connectivity index (χ0v) is 15.5. The Balaban J connectivity index is 1.39. The van der Waals surface area contributed by atoms with Crippen LogP contribution in [-0.4, -0.2) is 47.2 Å². The fourth-order valence-corrected chi connectivity index (χ4v) is 4.56. The highest BCUT2D eigenvalue weighted by molar-refractivity contribution is 6.07. The Bertz CT molecular complexity index is 825. The first-order valence-corrected chi connectivity index (χ1v) is 9.55. The molecule has 0 atom stereocenters. The van der Waals surface area contributed by atoms with E-state index in [-0.39, 0.29) is 23.8 Å². The minimum Gasteiger partial charge on any atom is -0.369 e. The van der Waals surface area contributed by atoms with E-state index in [4.69, 9.17) is 5.73 Å². The maximum Gasteiger partial charge on any atom is 0.238 e. The zero-order chi connectivity index (χ0) is 20.1. The highest BCUT2D eigenvalue weighted by Gasteiger charge is 2.58. The van der Waals surface area contributed by atoms with Gasteiger partial charge in [-0.3, -0.25) is 14.4 Å². The van der Waals surface area contributed by atoms with Crippen molar-refractivity contribution < 1.29 is 23.2 Å². The Morgan fingerprint density at radius 2 is 1.64 bits per heavy atom. The fraction of sp³-hybridized carbons (Fsp3) is 0.550. The number of likely N-dealkylation sites (tertiary alicyclic amines) is 2. The number of primary amides is 1. The van der Waals surface area contributed by atoms with Crippen LogP contribution in [0.2, 0.25) is 0 Å². The fourth-order valence-electron chi connectivity index (χ4n) is 4.56. The maximum atomic E-state index is 13.4. The molecule has 28 heavy (non-hydrogen) atoms. The molecule has 0 radical (unpaired) electrons. The monoisotopic (exact) mass is 391 g/mol. The summed E-state index contributed by atoms with van der Waals surface area (Å²) in [6, 6.07) is 3.28. The molecule has 3 fully saturated rings. The van der Waals surface area contributed by atoms with E-state index in [0.717, 1.165) is 6.07 Å². The number of halogens is 2. The number of benzene rings is 1. The lowest BCUT2D eigenvalue weighted by atomic mass is 9.77. The van der Waals surface area contributed by atoms with E-state index in [1.165, 1.54) is 12.1 Å². The van der Waals surface area contributed by atoms with Crippen LogP contribution in [0.25, 0.3) is 0 Å². The summed E-state index contributed by atoms with van der Waals surface area (Å²) in [5, 5.41) is 0. The quantitative estimate of drug-likeness (QED) is 0.791. The van der Waals surface area contributed by atoms with Crippen molar-refractivity contribution in [3.63, 3.8) is 0 Å². The summed E-state index contributed by atoms with van der Waals surface area (Å²) in [4.78, 5) is 40.1. The smallest absolute Gasteiger partial charge is 0.238 e. The molecule has 150 valence electrons. The number of rotatable bonds is 4. The second-order valence-corrected chi connectivity index (χ2v) is 8.44. The summed E-state index contributed by atoms with van der Waals surface area (Å²) < 4.78 is 26.8. The molecule has 3 aliphatic rings. The van der Waals surface area contributed by atoms with E-state index < -0.39 is 23.0 Å². The van der Waals surface area contributed by atoms with E-state index in [9.17, 15) is 23.2 Å². The van der Waals surface area contributed by atoms with Crippen LogP contribution >= 0.6 is 0 Å². The van der Waals surface area contributed by atoms with Gasteiger partial charge in [-0.05, 0) is 43.4 Å². The van der Waals surface area contributed by atoms with Gasteiger partial charge in [0.2, 0.25) is 17.7 Å². The lowest BCUT2D eigenvalue weighted by Crippen LogP contribution is -2.49. The number of nitrogens with two attached hydrogens (primary N) is 1. The number of hydrogen-bond donors (Lipinski definition) is 1. The zero-order valence-electron chi connectivity index (χ0n) is 15.5. The number of carbonyl (C=O) groups is 3. The lowest BCUT2D eigenvalue weighted by molar-refractivity contribution is -0.144. The average molecular weight is 391 g/mol. The molecule has 2 saturated heterocycles. The van der Waals surface area contributed by atoms with Crippen LogP contribution in [0.4, 0.5) is 8.78 Å². The maximum absolute atomic E-state index is 13.4. The molecule has 1 aliphatic carbocycles. The minimum absolute atomic E-state index is 0.0414. The van der Waals surface area contributed by atoms with Crippen molar-refractivity contribution >= 4 is 17.7 Å². The minimum atomic E-state index is -1.01. The number of amides is 3. The molecule has 2 N–H and O–H groups in total. The van der Waals surface area contributed by atoms with Crippen LogP contribution in [0.15, 0.2) is 18.2 Å².